The minimum absolute atomic E-state index is 0.216. The van der Waals surface area contributed by atoms with Crippen LogP contribution in [0.25, 0.3) is 0 Å². The van der Waals surface area contributed by atoms with Crippen molar-refractivity contribution in [1.82, 2.24) is 4.98 Å². The number of rotatable bonds is 4. The molecule has 0 saturated heterocycles. The van der Waals surface area contributed by atoms with Crippen molar-refractivity contribution < 1.29 is 4.79 Å². The molecule has 0 aliphatic heterocycles. The maximum Gasteiger partial charge on any atom is 0.274 e. The van der Waals surface area contributed by atoms with Crippen molar-refractivity contribution in [2.45, 2.75) is 20.8 Å². The number of anilines is 3. The fourth-order valence-corrected chi connectivity index (χ4v) is 2.88. The Morgan fingerprint density at radius 1 is 0.880 bits per heavy atom. The van der Waals surface area contributed by atoms with Crippen molar-refractivity contribution in [2.24, 2.45) is 0 Å². The van der Waals surface area contributed by atoms with Crippen LogP contribution in [-0.4, -0.2) is 10.9 Å². The first-order chi connectivity index (χ1) is 12.0. The summed E-state index contributed by atoms with van der Waals surface area (Å²) in [4.78, 5) is 16.8. The van der Waals surface area contributed by atoms with Gasteiger partial charge < -0.3 is 10.6 Å². The van der Waals surface area contributed by atoms with Crippen molar-refractivity contribution in [3.63, 3.8) is 0 Å². The minimum Gasteiger partial charge on any atom is -0.355 e. The molecule has 0 spiro atoms. The number of pyridine rings is 1. The van der Waals surface area contributed by atoms with Crippen LogP contribution in [-0.2, 0) is 0 Å². The molecule has 2 N–H and O–H groups in total. The van der Waals surface area contributed by atoms with Crippen molar-refractivity contribution in [1.29, 1.82) is 0 Å². The van der Waals surface area contributed by atoms with Crippen LogP contribution in [0.2, 0.25) is 0 Å². The fraction of sp³-hybridized carbons (Fsp3) is 0.143. The molecule has 3 rings (SSSR count). The Kier molecular flexibility index (Phi) is 4.80. The van der Waals surface area contributed by atoms with Gasteiger partial charge in [0.1, 0.15) is 5.69 Å². The molecule has 25 heavy (non-hydrogen) atoms. The highest BCUT2D eigenvalue weighted by atomic mass is 16.1. The highest BCUT2D eigenvalue weighted by Crippen LogP contribution is 2.23. The summed E-state index contributed by atoms with van der Waals surface area (Å²) in [6.45, 7) is 6.04. The van der Waals surface area contributed by atoms with Crippen molar-refractivity contribution in [3.8, 4) is 0 Å². The number of carbonyl (C=O) groups is 1. The minimum atomic E-state index is -0.216. The van der Waals surface area contributed by atoms with E-state index in [-0.39, 0.29) is 5.91 Å². The first-order valence-corrected chi connectivity index (χ1v) is 8.20. The Labute approximate surface area is 147 Å². The summed E-state index contributed by atoms with van der Waals surface area (Å²) >= 11 is 0. The van der Waals surface area contributed by atoms with Gasteiger partial charge in [0.2, 0.25) is 0 Å². The van der Waals surface area contributed by atoms with Crippen molar-refractivity contribution in [3.05, 3.63) is 83.2 Å². The number of nitrogens with zero attached hydrogens (tertiary/aromatic N) is 1. The second-order valence-corrected chi connectivity index (χ2v) is 6.15. The zero-order valence-electron chi connectivity index (χ0n) is 14.6. The van der Waals surface area contributed by atoms with E-state index in [1.807, 2.05) is 57.2 Å². The quantitative estimate of drug-likeness (QED) is 0.707. The molecule has 4 nitrogen and oxygen atoms in total. The van der Waals surface area contributed by atoms with Gasteiger partial charge in [0, 0.05) is 23.3 Å². The van der Waals surface area contributed by atoms with E-state index >= 15 is 0 Å². The SMILES string of the molecule is Cc1cc(C)c(NC(=O)c2cc(Nc3ccccc3)ccn2)c(C)c1. The van der Waals surface area contributed by atoms with Crippen LogP contribution < -0.4 is 10.6 Å². The summed E-state index contributed by atoms with van der Waals surface area (Å²) in [6, 6.07) is 17.5. The van der Waals surface area contributed by atoms with Gasteiger partial charge in [-0.25, -0.2) is 0 Å². The molecule has 126 valence electrons. The number of para-hydroxylation sites is 1. The molecule has 0 unspecified atom stereocenters. The molecule has 0 aliphatic rings. The van der Waals surface area contributed by atoms with Crippen LogP contribution in [0.5, 0.6) is 0 Å². The normalized spacial score (nSPS) is 10.4. The fourth-order valence-electron chi connectivity index (χ4n) is 2.88. The van der Waals surface area contributed by atoms with Crippen LogP contribution >= 0.6 is 0 Å². The van der Waals surface area contributed by atoms with Gasteiger partial charge >= 0.3 is 0 Å². The molecule has 1 amide bonds. The number of hydrogen-bond acceptors (Lipinski definition) is 3. The summed E-state index contributed by atoms with van der Waals surface area (Å²) < 4.78 is 0. The molecule has 0 aliphatic carbocycles. The van der Waals surface area contributed by atoms with Gasteiger partial charge in [-0.05, 0) is 56.2 Å². The van der Waals surface area contributed by atoms with Crippen LogP contribution in [0.1, 0.15) is 27.2 Å². The van der Waals surface area contributed by atoms with E-state index in [0.717, 1.165) is 28.2 Å². The molecule has 2 aromatic carbocycles. The third-order valence-corrected chi connectivity index (χ3v) is 3.97. The third-order valence-electron chi connectivity index (χ3n) is 3.97. The number of aryl methyl sites for hydroxylation is 3. The lowest BCUT2D eigenvalue weighted by molar-refractivity contribution is 0.102. The molecule has 4 heteroatoms. The average Bonchev–Trinajstić information content (AvgIpc) is 2.59. The van der Waals surface area contributed by atoms with Gasteiger partial charge in [0.25, 0.3) is 5.91 Å². The van der Waals surface area contributed by atoms with Gasteiger partial charge in [-0.1, -0.05) is 35.9 Å². The summed E-state index contributed by atoms with van der Waals surface area (Å²) in [5, 5.41) is 6.26. The first-order valence-electron chi connectivity index (χ1n) is 8.20. The number of benzene rings is 2. The van der Waals surface area contributed by atoms with Gasteiger partial charge in [0.05, 0.1) is 0 Å². The molecule has 0 bridgehead atoms. The second-order valence-electron chi connectivity index (χ2n) is 6.15. The zero-order valence-corrected chi connectivity index (χ0v) is 14.6. The lowest BCUT2D eigenvalue weighted by Gasteiger charge is -2.13. The smallest absolute Gasteiger partial charge is 0.274 e. The highest BCUT2D eigenvalue weighted by Gasteiger charge is 2.12. The maximum absolute atomic E-state index is 12.6. The Morgan fingerprint density at radius 3 is 2.24 bits per heavy atom. The average molecular weight is 331 g/mol. The van der Waals surface area contributed by atoms with E-state index in [4.69, 9.17) is 0 Å². The lowest BCUT2D eigenvalue weighted by atomic mass is 10.0. The van der Waals surface area contributed by atoms with Crippen LogP contribution in [0.3, 0.4) is 0 Å². The number of carbonyl (C=O) groups excluding carboxylic acids is 1. The lowest BCUT2D eigenvalue weighted by Crippen LogP contribution is -2.15. The Hall–Kier alpha value is -3.14. The summed E-state index contributed by atoms with van der Waals surface area (Å²) in [5.74, 6) is -0.216. The molecule has 0 saturated carbocycles. The number of nitrogens with one attached hydrogen (secondary N) is 2. The van der Waals surface area contributed by atoms with Crippen molar-refractivity contribution in [2.75, 3.05) is 10.6 Å². The van der Waals surface area contributed by atoms with E-state index in [1.54, 1.807) is 12.3 Å². The number of aromatic nitrogens is 1. The summed E-state index contributed by atoms with van der Waals surface area (Å²) in [6.07, 6.45) is 1.63. The molecule has 3 aromatic rings. The Bertz CT molecular complexity index is 881. The molecule has 1 aromatic heterocycles. The van der Waals surface area contributed by atoms with E-state index in [0.29, 0.717) is 5.69 Å². The molecule has 0 atom stereocenters. The zero-order chi connectivity index (χ0) is 17.8. The Morgan fingerprint density at radius 2 is 1.56 bits per heavy atom. The molecule has 1 heterocycles. The topological polar surface area (TPSA) is 54.0 Å². The van der Waals surface area contributed by atoms with E-state index in [1.165, 1.54) is 5.56 Å². The molecular weight excluding hydrogens is 310 g/mol. The first kappa shape index (κ1) is 16.7. The Balaban J connectivity index is 1.80. The largest absolute Gasteiger partial charge is 0.355 e. The summed E-state index contributed by atoms with van der Waals surface area (Å²) in [7, 11) is 0. The predicted octanol–water partition coefficient (Wildman–Crippen LogP) is 5.00. The number of amides is 1. The molecule has 0 radical (unpaired) electrons. The van der Waals surface area contributed by atoms with Crippen molar-refractivity contribution >= 4 is 23.0 Å². The van der Waals surface area contributed by atoms with Gasteiger partial charge in [-0.15, -0.1) is 0 Å². The highest BCUT2D eigenvalue weighted by molar-refractivity contribution is 6.04. The van der Waals surface area contributed by atoms with Crippen LogP contribution in [0.4, 0.5) is 17.1 Å². The molecule has 0 fully saturated rings. The van der Waals surface area contributed by atoms with Crippen LogP contribution in [0.15, 0.2) is 60.8 Å². The maximum atomic E-state index is 12.6. The van der Waals surface area contributed by atoms with Gasteiger partial charge in [-0.2, -0.15) is 0 Å². The van der Waals surface area contributed by atoms with Gasteiger partial charge in [-0.3, -0.25) is 9.78 Å². The van der Waals surface area contributed by atoms with Crippen LogP contribution in [0, 0.1) is 20.8 Å². The monoisotopic (exact) mass is 331 g/mol. The third kappa shape index (κ3) is 4.04. The standard InChI is InChI=1S/C21H21N3O/c1-14-11-15(2)20(16(3)12-14)24-21(25)19-13-18(9-10-22-19)23-17-7-5-4-6-8-17/h4-13H,1-3H3,(H,22,23)(H,24,25). The van der Waals surface area contributed by atoms with Gasteiger partial charge in [0.15, 0.2) is 0 Å². The van der Waals surface area contributed by atoms with E-state index < -0.39 is 0 Å². The van der Waals surface area contributed by atoms with E-state index in [2.05, 4.69) is 27.8 Å². The second kappa shape index (κ2) is 7.18. The predicted molar refractivity (Wildman–Crippen MR) is 103 cm³/mol. The number of hydrogen-bond donors (Lipinski definition) is 2. The summed E-state index contributed by atoms with van der Waals surface area (Å²) in [5.41, 5.74) is 6.28. The van der Waals surface area contributed by atoms with E-state index in [9.17, 15) is 4.79 Å². The molecular formula is C21H21N3O.